The minimum Gasteiger partial charge on any atom is -0.294 e. The van der Waals surface area contributed by atoms with Crippen molar-refractivity contribution in [1.82, 2.24) is 9.55 Å². The van der Waals surface area contributed by atoms with Crippen LogP contribution in [0.1, 0.15) is 0 Å². The van der Waals surface area contributed by atoms with Gasteiger partial charge in [-0.05, 0) is 57.9 Å². The van der Waals surface area contributed by atoms with E-state index in [4.69, 9.17) is 4.98 Å². The van der Waals surface area contributed by atoms with Crippen molar-refractivity contribution in [2.75, 3.05) is 0 Å². The fraction of sp³-hybridized carbons (Fsp3) is 0. The van der Waals surface area contributed by atoms with E-state index in [9.17, 15) is 0 Å². The molecule has 3 aromatic heterocycles. The third-order valence-corrected chi connectivity index (χ3v) is 8.13. The number of thiophene rings is 1. The second-order valence-corrected chi connectivity index (χ2v) is 9.92. The maximum atomic E-state index is 4.73. The summed E-state index contributed by atoms with van der Waals surface area (Å²) in [5, 5.41) is 10.4. The van der Waals surface area contributed by atoms with Crippen molar-refractivity contribution in [3.63, 3.8) is 0 Å². The first kappa shape index (κ1) is 18.2. The summed E-state index contributed by atoms with van der Waals surface area (Å²) in [5.41, 5.74) is 2.40. The highest BCUT2D eigenvalue weighted by Gasteiger charge is 2.18. The summed E-state index contributed by atoms with van der Waals surface area (Å²) in [6.07, 6.45) is 1.87. The van der Waals surface area contributed by atoms with E-state index in [1.165, 1.54) is 63.5 Å². The van der Waals surface area contributed by atoms with Gasteiger partial charge >= 0.3 is 0 Å². The average Bonchev–Trinajstić information content (AvgIpc) is 3.43. The smallest absolute Gasteiger partial charge is 0.137 e. The molecule has 0 N–H and O–H groups in total. The lowest BCUT2D eigenvalue weighted by atomic mass is 10.0. The maximum absolute atomic E-state index is 4.73. The van der Waals surface area contributed by atoms with Gasteiger partial charge in [0, 0.05) is 37.1 Å². The number of nitrogens with zero attached hydrogens (tertiary/aromatic N) is 2. The third-order valence-electron chi connectivity index (χ3n) is 7.01. The van der Waals surface area contributed by atoms with Crippen molar-refractivity contribution in [2.45, 2.75) is 0 Å². The Morgan fingerprint density at radius 3 is 2.06 bits per heavy atom. The van der Waals surface area contributed by atoms with E-state index in [0.29, 0.717) is 0 Å². The summed E-state index contributed by atoms with van der Waals surface area (Å²) in [6, 6.07) is 37.3. The largest absolute Gasteiger partial charge is 0.294 e. The molecule has 0 amide bonds. The molecule has 0 aliphatic rings. The number of aromatic nitrogens is 2. The second-order valence-electron chi connectivity index (χ2n) is 8.83. The normalized spacial score (nSPS) is 12.1. The molecule has 2 nitrogen and oxygen atoms in total. The fourth-order valence-electron chi connectivity index (χ4n) is 5.56. The van der Waals surface area contributed by atoms with Gasteiger partial charge in [-0.1, -0.05) is 66.7 Å². The van der Waals surface area contributed by atoms with Crippen LogP contribution in [-0.2, 0) is 0 Å². The Morgan fingerprint density at radius 2 is 1.26 bits per heavy atom. The fourth-order valence-corrected chi connectivity index (χ4v) is 6.70. The molecule has 8 aromatic rings. The van der Waals surface area contributed by atoms with Gasteiger partial charge in [-0.3, -0.25) is 4.57 Å². The predicted molar refractivity (Wildman–Crippen MR) is 146 cm³/mol. The van der Waals surface area contributed by atoms with Crippen molar-refractivity contribution in [3.8, 4) is 5.82 Å². The van der Waals surface area contributed by atoms with E-state index < -0.39 is 0 Å². The highest BCUT2D eigenvalue weighted by molar-refractivity contribution is 7.26. The quantitative estimate of drug-likeness (QED) is 0.244. The summed E-state index contributed by atoms with van der Waals surface area (Å²) in [6.45, 7) is 0. The third kappa shape index (κ3) is 2.37. The molecule has 0 atom stereocenters. The van der Waals surface area contributed by atoms with Gasteiger partial charge in [-0.15, -0.1) is 11.3 Å². The molecule has 3 heterocycles. The minimum atomic E-state index is 0.948. The molecule has 0 spiro atoms. The summed E-state index contributed by atoms with van der Waals surface area (Å²) in [7, 11) is 0. The second kappa shape index (κ2) is 6.66. The number of rotatable bonds is 1. The summed E-state index contributed by atoms with van der Waals surface area (Å²) >= 11 is 1.88. The Labute approximate surface area is 199 Å². The monoisotopic (exact) mass is 450 g/mol. The van der Waals surface area contributed by atoms with Crippen LogP contribution < -0.4 is 0 Å². The number of benzene rings is 5. The topological polar surface area (TPSA) is 17.8 Å². The van der Waals surface area contributed by atoms with Crippen molar-refractivity contribution < 1.29 is 0 Å². The van der Waals surface area contributed by atoms with Crippen LogP contribution in [-0.4, -0.2) is 9.55 Å². The first-order valence-corrected chi connectivity index (χ1v) is 12.3. The first-order valence-electron chi connectivity index (χ1n) is 11.5. The van der Waals surface area contributed by atoms with Gasteiger partial charge < -0.3 is 0 Å². The van der Waals surface area contributed by atoms with Gasteiger partial charge in [-0.25, -0.2) is 4.98 Å². The first-order chi connectivity index (χ1) is 16.9. The van der Waals surface area contributed by atoms with Crippen LogP contribution in [0.2, 0.25) is 0 Å². The summed E-state index contributed by atoms with van der Waals surface area (Å²) in [4.78, 5) is 4.73. The van der Waals surface area contributed by atoms with Crippen LogP contribution >= 0.6 is 11.3 Å². The van der Waals surface area contributed by atoms with E-state index >= 15 is 0 Å². The molecule has 0 saturated heterocycles. The Kier molecular flexibility index (Phi) is 3.57. The molecule has 3 heteroatoms. The molecule has 0 fully saturated rings. The van der Waals surface area contributed by atoms with E-state index in [-0.39, 0.29) is 0 Å². The van der Waals surface area contributed by atoms with Crippen LogP contribution in [0, 0.1) is 0 Å². The number of hydrogen-bond donors (Lipinski definition) is 0. The Balaban J connectivity index is 1.64. The van der Waals surface area contributed by atoms with Gasteiger partial charge in [-0.2, -0.15) is 0 Å². The molecular weight excluding hydrogens is 432 g/mol. The molecule has 0 radical (unpaired) electrons. The standard InChI is InChI=1S/C31H18N2S/c1-3-9-21-19(7-1)12-14-25-30(21)23-17-24-28(18-26(23)33(25)29-11-5-6-16-32-29)34-27-15-13-20-8-2-4-10-22(20)31(24)27/h1-18H. The SMILES string of the molecule is c1ccc(-n2c3cc4sc5ccc6ccccc6c5c4cc3c3c4ccccc4ccc32)nc1. The Morgan fingerprint density at radius 1 is 0.529 bits per heavy atom. The van der Waals surface area contributed by atoms with E-state index in [1.54, 1.807) is 0 Å². The van der Waals surface area contributed by atoms with Crippen molar-refractivity contribution >= 4 is 74.9 Å². The summed E-state index contributed by atoms with van der Waals surface area (Å²) in [5.74, 6) is 0.948. The lowest BCUT2D eigenvalue weighted by Crippen LogP contribution is -1.96. The van der Waals surface area contributed by atoms with Gasteiger partial charge in [0.2, 0.25) is 0 Å². The molecule has 8 rings (SSSR count). The van der Waals surface area contributed by atoms with Gasteiger partial charge in [0.05, 0.1) is 11.0 Å². The van der Waals surface area contributed by atoms with Crippen LogP contribution in [0.15, 0.2) is 109 Å². The highest BCUT2D eigenvalue weighted by atomic mass is 32.1. The lowest BCUT2D eigenvalue weighted by Gasteiger charge is -2.07. The number of fused-ring (bicyclic) bond motifs is 10. The number of pyridine rings is 1. The lowest BCUT2D eigenvalue weighted by molar-refractivity contribution is 1.08. The minimum absolute atomic E-state index is 0.948. The zero-order valence-electron chi connectivity index (χ0n) is 18.2. The van der Waals surface area contributed by atoms with Gasteiger partial charge in [0.1, 0.15) is 5.82 Å². The Hall–Kier alpha value is -4.21. The van der Waals surface area contributed by atoms with Crippen molar-refractivity contribution in [3.05, 3.63) is 109 Å². The van der Waals surface area contributed by atoms with Crippen LogP contribution in [0.3, 0.4) is 0 Å². The van der Waals surface area contributed by atoms with Crippen molar-refractivity contribution in [1.29, 1.82) is 0 Å². The van der Waals surface area contributed by atoms with E-state index in [1.807, 2.05) is 23.6 Å². The number of hydrogen-bond acceptors (Lipinski definition) is 2. The molecule has 34 heavy (non-hydrogen) atoms. The van der Waals surface area contributed by atoms with Gasteiger partial charge in [0.25, 0.3) is 0 Å². The Bertz CT molecular complexity index is 2060. The molecule has 0 aliphatic heterocycles. The summed E-state index contributed by atoms with van der Waals surface area (Å²) < 4.78 is 4.96. The molecule has 0 unspecified atom stereocenters. The molecule has 0 saturated carbocycles. The van der Waals surface area contributed by atoms with Crippen LogP contribution in [0.4, 0.5) is 0 Å². The van der Waals surface area contributed by atoms with Gasteiger partial charge in [0.15, 0.2) is 0 Å². The molecule has 0 aliphatic carbocycles. The maximum Gasteiger partial charge on any atom is 0.137 e. The average molecular weight is 451 g/mol. The van der Waals surface area contributed by atoms with Crippen molar-refractivity contribution in [2.24, 2.45) is 0 Å². The predicted octanol–water partition coefficient (Wildman–Crippen LogP) is 8.85. The van der Waals surface area contributed by atoms with Crippen LogP contribution in [0.5, 0.6) is 0 Å². The van der Waals surface area contributed by atoms with E-state index in [0.717, 1.165) is 5.82 Å². The zero-order valence-corrected chi connectivity index (χ0v) is 19.0. The molecule has 5 aromatic carbocycles. The van der Waals surface area contributed by atoms with Crippen LogP contribution in [0.25, 0.3) is 69.3 Å². The molecule has 158 valence electrons. The van der Waals surface area contributed by atoms with E-state index in [2.05, 4.69) is 102 Å². The molecule has 0 bridgehead atoms. The highest BCUT2D eigenvalue weighted by Crippen LogP contribution is 2.44. The molecular formula is C31H18N2S. The zero-order chi connectivity index (χ0) is 22.2.